The Morgan fingerprint density at radius 3 is 2.33 bits per heavy atom. The van der Waals surface area contributed by atoms with Crippen LogP contribution < -0.4 is 0 Å². The third kappa shape index (κ3) is 3.06. The summed E-state index contributed by atoms with van der Waals surface area (Å²) in [6.45, 7) is 0. The average Bonchev–Trinajstić information content (AvgIpc) is 2.37. The van der Waals surface area contributed by atoms with Crippen LogP contribution in [0.1, 0.15) is 17.0 Å². The number of aryl methyl sites for hydroxylation is 2. The van der Waals surface area contributed by atoms with Crippen LogP contribution in [-0.4, -0.2) is 9.97 Å². The summed E-state index contributed by atoms with van der Waals surface area (Å²) in [6.07, 6.45) is -0.869. The van der Waals surface area contributed by atoms with Gasteiger partial charge in [0.1, 0.15) is 5.69 Å². The lowest BCUT2D eigenvalue weighted by atomic mass is 10.1. The highest BCUT2D eigenvalue weighted by Gasteiger charge is 2.34. The van der Waals surface area contributed by atoms with Gasteiger partial charge in [-0.3, -0.25) is 9.97 Å². The van der Waals surface area contributed by atoms with Gasteiger partial charge >= 0.3 is 6.18 Å². The summed E-state index contributed by atoms with van der Waals surface area (Å²) < 4.78 is 38.1. The van der Waals surface area contributed by atoms with E-state index in [0.29, 0.717) is 6.42 Å². The molecule has 0 unspecified atom stereocenters. The van der Waals surface area contributed by atoms with Crippen molar-refractivity contribution in [1.82, 2.24) is 9.97 Å². The molecule has 2 aromatic heterocycles. The van der Waals surface area contributed by atoms with Gasteiger partial charge in [0.05, 0.1) is 0 Å². The van der Waals surface area contributed by atoms with E-state index in [1.165, 1.54) is 12.1 Å². The van der Waals surface area contributed by atoms with Crippen molar-refractivity contribution < 1.29 is 13.2 Å². The van der Waals surface area contributed by atoms with E-state index >= 15 is 0 Å². The Balaban J connectivity index is 2.15. The summed E-state index contributed by atoms with van der Waals surface area (Å²) in [5.41, 5.74) is 0.172. The molecule has 0 bridgehead atoms. The zero-order valence-electron chi connectivity index (χ0n) is 9.48. The molecular weight excluding hydrogens is 241 g/mol. The fraction of sp³-hybridized carbons (Fsp3) is 0.231. The first kappa shape index (κ1) is 12.5. The van der Waals surface area contributed by atoms with E-state index in [0.717, 1.165) is 11.9 Å². The second kappa shape index (κ2) is 5.16. The highest BCUT2D eigenvalue weighted by atomic mass is 19.4. The number of halogens is 3. The van der Waals surface area contributed by atoms with Gasteiger partial charge in [-0.15, -0.1) is 0 Å². The highest BCUT2D eigenvalue weighted by Crippen LogP contribution is 2.30. The molecule has 18 heavy (non-hydrogen) atoms. The zero-order valence-corrected chi connectivity index (χ0v) is 9.48. The molecule has 0 atom stereocenters. The highest BCUT2D eigenvalue weighted by molar-refractivity contribution is 5.23. The third-order valence-corrected chi connectivity index (χ3v) is 2.54. The molecule has 5 heteroatoms. The maximum atomic E-state index is 12.7. The molecule has 0 saturated carbocycles. The summed E-state index contributed by atoms with van der Waals surface area (Å²) in [6, 6.07) is 8.36. The van der Waals surface area contributed by atoms with Crippen molar-refractivity contribution in [3.05, 3.63) is 59.7 Å². The molecule has 2 heterocycles. The predicted octanol–water partition coefficient (Wildman–Crippen LogP) is 3.28. The lowest BCUT2D eigenvalue weighted by Gasteiger charge is -2.10. The molecule has 0 aromatic carbocycles. The van der Waals surface area contributed by atoms with Gasteiger partial charge < -0.3 is 0 Å². The Labute approximate surface area is 103 Å². The molecule has 0 N–H and O–H groups in total. The monoisotopic (exact) mass is 252 g/mol. The molecule has 0 aliphatic rings. The number of hydrogen-bond acceptors (Lipinski definition) is 2. The van der Waals surface area contributed by atoms with Crippen LogP contribution in [0.15, 0.2) is 42.7 Å². The zero-order chi connectivity index (χ0) is 13.0. The first-order valence-corrected chi connectivity index (χ1v) is 5.48. The van der Waals surface area contributed by atoms with E-state index in [9.17, 15) is 13.2 Å². The second-order valence-electron chi connectivity index (χ2n) is 3.83. The van der Waals surface area contributed by atoms with Crippen molar-refractivity contribution in [2.75, 3.05) is 0 Å². The van der Waals surface area contributed by atoms with Crippen LogP contribution in [0.5, 0.6) is 0 Å². The van der Waals surface area contributed by atoms with Crippen molar-refractivity contribution in [1.29, 1.82) is 0 Å². The topological polar surface area (TPSA) is 25.8 Å². The van der Waals surface area contributed by atoms with E-state index in [4.69, 9.17) is 0 Å². The van der Waals surface area contributed by atoms with E-state index in [-0.39, 0.29) is 12.0 Å². The lowest BCUT2D eigenvalue weighted by molar-refractivity contribution is -0.141. The lowest BCUT2D eigenvalue weighted by Crippen LogP contribution is -2.12. The van der Waals surface area contributed by atoms with E-state index in [2.05, 4.69) is 9.97 Å². The van der Waals surface area contributed by atoms with Crippen LogP contribution in [-0.2, 0) is 19.0 Å². The smallest absolute Gasteiger partial charge is 0.261 e. The molecule has 0 radical (unpaired) electrons. The largest absolute Gasteiger partial charge is 0.433 e. The van der Waals surface area contributed by atoms with Crippen LogP contribution in [0, 0.1) is 0 Å². The Kier molecular flexibility index (Phi) is 3.60. The van der Waals surface area contributed by atoms with E-state index < -0.39 is 11.9 Å². The second-order valence-corrected chi connectivity index (χ2v) is 3.83. The van der Waals surface area contributed by atoms with Gasteiger partial charge in [0.15, 0.2) is 0 Å². The first-order chi connectivity index (χ1) is 8.57. The molecule has 0 saturated heterocycles. The van der Waals surface area contributed by atoms with Gasteiger partial charge in [-0.25, -0.2) is 0 Å². The van der Waals surface area contributed by atoms with E-state index in [1.807, 2.05) is 6.07 Å². The number of hydrogen-bond donors (Lipinski definition) is 0. The van der Waals surface area contributed by atoms with Gasteiger partial charge in [-0.2, -0.15) is 13.2 Å². The van der Waals surface area contributed by atoms with Gasteiger partial charge in [-0.05, 0) is 36.6 Å². The summed E-state index contributed by atoms with van der Waals surface area (Å²) in [7, 11) is 0. The Hall–Kier alpha value is -1.91. The van der Waals surface area contributed by atoms with Crippen molar-refractivity contribution >= 4 is 0 Å². The van der Waals surface area contributed by atoms with Gasteiger partial charge in [-0.1, -0.05) is 12.1 Å². The number of rotatable bonds is 3. The maximum absolute atomic E-state index is 12.7. The summed E-state index contributed by atoms with van der Waals surface area (Å²) in [5, 5.41) is 0. The summed E-state index contributed by atoms with van der Waals surface area (Å²) >= 11 is 0. The molecule has 94 valence electrons. The van der Waals surface area contributed by atoms with Crippen LogP contribution in [0.3, 0.4) is 0 Å². The number of pyridine rings is 2. The average molecular weight is 252 g/mol. The van der Waals surface area contributed by atoms with Crippen molar-refractivity contribution in [2.45, 2.75) is 19.0 Å². The quantitative estimate of drug-likeness (QED) is 0.837. The molecular formula is C13H11F3N2. The molecule has 0 fully saturated rings. The summed E-state index contributed by atoms with van der Waals surface area (Å²) in [4.78, 5) is 7.50. The molecule has 2 nitrogen and oxygen atoms in total. The Morgan fingerprint density at radius 1 is 0.889 bits per heavy atom. The number of alkyl halides is 3. The number of aromatic nitrogens is 2. The normalized spacial score (nSPS) is 11.5. The third-order valence-electron chi connectivity index (χ3n) is 2.54. The Bertz CT molecular complexity index is 509. The molecule has 0 spiro atoms. The molecule has 0 aliphatic carbocycles. The Morgan fingerprint density at radius 2 is 1.67 bits per heavy atom. The minimum Gasteiger partial charge on any atom is -0.261 e. The SMILES string of the molecule is FC(F)(F)c1ncccc1CCc1ccccn1. The van der Waals surface area contributed by atoms with Crippen molar-refractivity contribution in [2.24, 2.45) is 0 Å². The van der Waals surface area contributed by atoms with Gasteiger partial charge in [0.2, 0.25) is 0 Å². The standard InChI is InChI=1S/C13H11F3N2/c14-13(15,16)12-10(4-3-9-18-12)6-7-11-5-1-2-8-17-11/h1-5,8-9H,6-7H2. The van der Waals surface area contributed by atoms with E-state index in [1.54, 1.807) is 18.3 Å². The van der Waals surface area contributed by atoms with Crippen molar-refractivity contribution in [3.8, 4) is 0 Å². The molecule has 2 rings (SSSR count). The first-order valence-electron chi connectivity index (χ1n) is 5.48. The fourth-order valence-corrected chi connectivity index (χ4v) is 1.70. The molecule has 0 amide bonds. The van der Waals surface area contributed by atoms with Crippen LogP contribution in [0.4, 0.5) is 13.2 Å². The number of nitrogens with zero attached hydrogens (tertiary/aromatic N) is 2. The van der Waals surface area contributed by atoms with Crippen LogP contribution in [0.2, 0.25) is 0 Å². The van der Waals surface area contributed by atoms with Crippen molar-refractivity contribution in [3.63, 3.8) is 0 Å². The molecule has 2 aromatic rings. The fourth-order valence-electron chi connectivity index (χ4n) is 1.70. The minimum absolute atomic E-state index is 0.204. The van der Waals surface area contributed by atoms with Crippen LogP contribution in [0.25, 0.3) is 0 Å². The van der Waals surface area contributed by atoms with Gasteiger partial charge in [0.25, 0.3) is 0 Å². The van der Waals surface area contributed by atoms with Crippen LogP contribution >= 0.6 is 0 Å². The molecule has 0 aliphatic heterocycles. The van der Waals surface area contributed by atoms with Gasteiger partial charge in [0, 0.05) is 18.1 Å². The summed E-state index contributed by atoms with van der Waals surface area (Å²) in [5.74, 6) is 0. The maximum Gasteiger partial charge on any atom is 0.433 e. The minimum atomic E-state index is -4.40. The predicted molar refractivity (Wildman–Crippen MR) is 60.9 cm³/mol.